The van der Waals surface area contributed by atoms with Gasteiger partial charge in [-0.15, -0.1) is 0 Å². The standard InChI is InChI=1S/C31H43F2N3O6/c1-3-5-10-40-20-28(35-31(39)42-26-9-11-41-19-26)30(38)36(17-22-8-6-7-21(4-2)12-22)18-29(37)27(34)15-23-13-24(32)16-25(33)14-23/h6-8,12-14,16,26-29,37H,3-5,9-11,15,17-20,34H2,1-2H3,(H,35,39)/t26-,27-,28+,29+/m0/s1. The van der Waals surface area contributed by atoms with Gasteiger partial charge in [-0.3, -0.25) is 4.79 Å². The van der Waals surface area contributed by atoms with Gasteiger partial charge in [-0.25, -0.2) is 13.6 Å². The zero-order valence-electron chi connectivity index (χ0n) is 24.4. The number of aryl methyl sites for hydroxylation is 1. The maximum atomic E-state index is 13.9. The Morgan fingerprint density at radius 3 is 2.55 bits per heavy atom. The predicted molar refractivity (Wildman–Crippen MR) is 154 cm³/mol. The molecule has 1 aliphatic heterocycles. The summed E-state index contributed by atoms with van der Waals surface area (Å²) in [5, 5.41) is 13.7. The van der Waals surface area contributed by atoms with E-state index in [4.69, 9.17) is 19.9 Å². The van der Waals surface area contributed by atoms with Gasteiger partial charge in [0.2, 0.25) is 5.91 Å². The number of nitrogens with two attached hydrogens (primary N) is 1. The first kappa shape index (κ1) is 33.4. The van der Waals surface area contributed by atoms with E-state index >= 15 is 0 Å². The summed E-state index contributed by atoms with van der Waals surface area (Å²) in [6.45, 7) is 5.07. The summed E-state index contributed by atoms with van der Waals surface area (Å²) < 4.78 is 43.8. The molecule has 0 radical (unpaired) electrons. The number of aliphatic hydroxyl groups excluding tert-OH is 1. The normalized spacial score (nSPS) is 17.0. The van der Waals surface area contributed by atoms with Crippen molar-refractivity contribution in [1.82, 2.24) is 10.2 Å². The van der Waals surface area contributed by atoms with Crippen LogP contribution < -0.4 is 11.1 Å². The molecule has 4 N–H and O–H groups in total. The average molecular weight is 592 g/mol. The molecule has 3 rings (SSSR count). The van der Waals surface area contributed by atoms with Gasteiger partial charge in [0, 0.05) is 38.2 Å². The smallest absolute Gasteiger partial charge is 0.408 e. The van der Waals surface area contributed by atoms with Gasteiger partial charge in [-0.05, 0) is 48.1 Å². The molecule has 2 amide bonds. The lowest BCUT2D eigenvalue weighted by molar-refractivity contribution is -0.137. The molecule has 2 aromatic carbocycles. The Kier molecular flexibility index (Phi) is 13.6. The van der Waals surface area contributed by atoms with Crippen LogP contribution in [0.2, 0.25) is 0 Å². The predicted octanol–water partition coefficient (Wildman–Crippen LogP) is 3.49. The third-order valence-corrected chi connectivity index (χ3v) is 7.06. The minimum absolute atomic E-state index is 0.0131. The molecule has 0 unspecified atom stereocenters. The molecule has 4 atom stereocenters. The number of nitrogens with one attached hydrogen (secondary N) is 1. The van der Waals surface area contributed by atoms with E-state index in [1.165, 1.54) is 4.90 Å². The van der Waals surface area contributed by atoms with Crippen LogP contribution in [-0.4, -0.2) is 79.3 Å². The number of carbonyl (C=O) groups excluding carboxylic acids is 2. The lowest BCUT2D eigenvalue weighted by atomic mass is 10.0. The highest BCUT2D eigenvalue weighted by Gasteiger charge is 2.31. The van der Waals surface area contributed by atoms with Crippen molar-refractivity contribution < 1.29 is 37.7 Å². The Morgan fingerprint density at radius 2 is 1.88 bits per heavy atom. The highest BCUT2D eigenvalue weighted by molar-refractivity contribution is 5.86. The third-order valence-electron chi connectivity index (χ3n) is 7.06. The van der Waals surface area contributed by atoms with E-state index in [-0.39, 0.29) is 38.3 Å². The molecule has 0 spiro atoms. The molecule has 1 saturated heterocycles. The number of nitrogens with zero attached hydrogens (tertiary/aromatic N) is 1. The number of hydrogen-bond donors (Lipinski definition) is 3. The number of rotatable bonds is 16. The molecule has 11 heteroatoms. The summed E-state index contributed by atoms with van der Waals surface area (Å²) in [5.41, 5.74) is 8.43. The Labute approximate surface area is 246 Å². The number of alkyl carbamates (subject to hydrolysis) is 1. The van der Waals surface area contributed by atoms with Gasteiger partial charge in [-0.2, -0.15) is 0 Å². The van der Waals surface area contributed by atoms with Crippen molar-refractivity contribution in [2.45, 2.75) is 76.8 Å². The van der Waals surface area contributed by atoms with Gasteiger partial charge in [0.25, 0.3) is 0 Å². The van der Waals surface area contributed by atoms with E-state index in [1.54, 1.807) is 0 Å². The maximum absolute atomic E-state index is 13.9. The van der Waals surface area contributed by atoms with Crippen molar-refractivity contribution >= 4 is 12.0 Å². The molecular formula is C31H43F2N3O6. The summed E-state index contributed by atoms with van der Waals surface area (Å²) >= 11 is 0. The van der Waals surface area contributed by atoms with E-state index in [2.05, 4.69) is 5.32 Å². The molecule has 0 aliphatic carbocycles. The van der Waals surface area contributed by atoms with E-state index < -0.39 is 47.9 Å². The second kappa shape index (κ2) is 17.1. The largest absolute Gasteiger partial charge is 0.444 e. The van der Waals surface area contributed by atoms with Crippen LogP contribution in [0.25, 0.3) is 0 Å². The first-order valence-corrected chi connectivity index (χ1v) is 14.6. The second-order valence-electron chi connectivity index (χ2n) is 10.6. The number of halogens is 2. The molecule has 1 aliphatic rings. The van der Waals surface area contributed by atoms with Gasteiger partial charge in [0.05, 0.1) is 25.9 Å². The monoisotopic (exact) mass is 591 g/mol. The lowest BCUT2D eigenvalue weighted by Crippen LogP contribution is -2.54. The van der Waals surface area contributed by atoms with Crippen molar-refractivity contribution in [1.29, 1.82) is 0 Å². The van der Waals surface area contributed by atoms with Crippen LogP contribution in [0, 0.1) is 11.6 Å². The summed E-state index contributed by atoms with van der Waals surface area (Å²) in [7, 11) is 0. The van der Waals surface area contributed by atoms with Crippen LogP contribution in [0.5, 0.6) is 0 Å². The fourth-order valence-corrected chi connectivity index (χ4v) is 4.68. The Hall–Kier alpha value is -3.12. The zero-order chi connectivity index (χ0) is 30.5. The number of carbonyl (C=O) groups is 2. The van der Waals surface area contributed by atoms with Crippen LogP contribution in [-0.2, 0) is 38.4 Å². The number of ether oxygens (including phenoxy) is 3. The van der Waals surface area contributed by atoms with Crippen molar-refractivity contribution in [2.24, 2.45) is 5.73 Å². The number of unbranched alkanes of at least 4 members (excludes halogenated alkanes) is 1. The third kappa shape index (κ3) is 10.9. The van der Waals surface area contributed by atoms with E-state index in [0.29, 0.717) is 19.6 Å². The summed E-state index contributed by atoms with van der Waals surface area (Å²) in [6.07, 6.45) is 0.633. The van der Waals surface area contributed by atoms with Crippen molar-refractivity contribution in [3.63, 3.8) is 0 Å². The lowest BCUT2D eigenvalue weighted by Gasteiger charge is -2.31. The van der Waals surface area contributed by atoms with Crippen molar-refractivity contribution in [2.75, 3.05) is 33.0 Å². The van der Waals surface area contributed by atoms with Gasteiger partial charge >= 0.3 is 6.09 Å². The highest BCUT2D eigenvalue weighted by atomic mass is 19.1. The van der Waals surface area contributed by atoms with E-state index in [0.717, 1.165) is 48.6 Å². The van der Waals surface area contributed by atoms with Crippen LogP contribution in [0.4, 0.5) is 13.6 Å². The quantitative estimate of drug-likeness (QED) is 0.256. The SMILES string of the molecule is CCCCOC[C@@H](NC(=O)O[C@H]1CCOC1)C(=O)N(Cc1cccc(CC)c1)C[C@@H](O)[C@@H](N)Cc1cc(F)cc(F)c1. The number of aliphatic hydroxyl groups is 1. The molecule has 1 heterocycles. The van der Waals surface area contributed by atoms with E-state index in [9.17, 15) is 23.5 Å². The number of benzene rings is 2. The van der Waals surface area contributed by atoms with Gasteiger partial charge in [0.1, 0.15) is 23.8 Å². The Balaban J connectivity index is 1.79. The van der Waals surface area contributed by atoms with Crippen LogP contribution in [0.3, 0.4) is 0 Å². The summed E-state index contributed by atoms with van der Waals surface area (Å²) in [6, 6.07) is 8.76. The van der Waals surface area contributed by atoms with E-state index in [1.807, 2.05) is 38.1 Å². The Bertz CT molecular complexity index is 1130. The van der Waals surface area contributed by atoms with Crippen LogP contribution in [0.15, 0.2) is 42.5 Å². The zero-order valence-corrected chi connectivity index (χ0v) is 24.4. The average Bonchev–Trinajstić information content (AvgIpc) is 3.46. The molecule has 232 valence electrons. The van der Waals surface area contributed by atoms with Gasteiger partial charge in [-0.1, -0.05) is 44.5 Å². The molecule has 2 aromatic rings. The highest BCUT2D eigenvalue weighted by Crippen LogP contribution is 2.15. The maximum Gasteiger partial charge on any atom is 0.408 e. The fourth-order valence-electron chi connectivity index (χ4n) is 4.68. The van der Waals surface area contributed by atoms with Crippen molar-refractivity contribution in [3.05, 3.63) is 70.8 Å². The Morgan fingerprint density at radius 1 is 1.14 bits per heavy atom. The molecule has 0 saturated carbocycles. The topological polar surface area (TPSA) is 123 Å². The minimum atomic E-state index is -1.24. The molecule has 0 bridgehead atoms. The number of hydrogen-bond acceptors (Lipinski definition) is 7. The summed E-state index contributed by atoms with van der Waals surface area (Å²) in [5.74, 6) is -1.98. The second-order valence-corrected chi connectivity index (χ2v) is 10.6. The molecule has 42 heavy (non-hydrogen) atoms. The minimum Gasteiger partial charge on any atom is -0.444 e. The van der Waals surface area contributed by atoms with Gasteiger partial charge < -0.3 is 35.3 Å². The molecule has 1 fully saturated rings. The summed E-state index contributed by atoms with van der Waals surface area (Å²) in [4.78, 5) is 28.1. The fraction of sp³-hybridized carbons (Fsp3) is 0.548. The molecular weight excluding hydrogens is 548 g/mol. The van der Waals surface area contributed by atoms with Crippen LogP contribution >= 0.6 is 0 Å². The molecule has 0 aromatic heterocycles. The first-order chi connectivity index (χ1) is 20.2. The first-order valence-electron chi connectivity index (χ1n) is 14.6. The van der Waals surface area contributed by atoms with Crippen LogP contribution in [0.1, 0.15) is 49.8 Å². The van der Waals surface area contributed by atoms with Gasteiger partial charge in [0.15, 0.2) is 0 Å². The van der Waals surface area contributed by atoms with Crippen molar-refractivity contribution in [3.8, 4) is 0 Å². The molecule has 9 nitrogen and oxygen atoms in total. The number of amides is 2.